The number of nitrogen functional groups attached to an aromatic ring is 1. The van der Waals surface area contributed by atoms with Gasteiger partial charge in [0.05, 0.1) is 36.6 Å². The molecule has 1 amide bonds. The number of benzene rings is 1. The molecule has 1 aromatic carbocycles. The molecule has 3 heterocycles. The normalized spacial score (nSPS) is 12.0. The number of nitrogens with one attached hydrogen (secondary N) is 2. The molecular formula is C28H32F2N8O3. The maximum atomic E-state index is 14.1. The number of methoxy groups -OCH3 is 1. The summed E-state index contributed by atoms with van der Waals surface area (Å²) < 4.78 is 34.0. The van der Waals surface area contributed by atoms with E-state index < -0.39 is 23.8 Å². The highest BCUT2D eigenvalue weighted by Crippen LogP contribution is 2.34. The number of rotatable bonds is 12. The summed E-state index contributed by atoms with van der Waals surface area (Å²) in [7, 11) is 3.10. The molecule has 3 aromatic heterocycles. The van der Waals surface area contributed by atoms with Gasteiger partial charge in [-0.15, -0.1) is 0 Å². The van der Waals surface area contributed by atoms with Crippen LogP contribution in [0.15, 0.2) is 61.3 Å². The third-order valence-corrected chi connectivity index (χ3v) is 6.45. The van der Waals surface area contributed by atoms with Gasteiger partial charge in [-0.2, -0.15) is 0 Å². The largest absolute Gasteiger partial charge is 0.453 e. The van der Waals surface area contributed by atoms with E-state index in [1.807, 2.05) is 11.0 Å². The second kappa shape index (κ2) is 13.5. The quantitative estimate of drug-likeness (QED) is 0.190. The number of halogens is 2. The molecule has 0 saturated carbocycles. The number of aliphatic hydroxyl groups excluding tert-OH is 1. The summed E-state index contributed by atoms with van der Waals surface area (Å²) in [4.78, 5) is 26.3. The lowest BCUT2D eigenvalue weighted by Gasteiger charge is -2.28. The number of aliphatic hydroxyl groups is 1. The minimum Gasteiger partial charge on any atom is -0.453 e. The Kier molecular flexibility index (Phi) is 9.64. The molecule has 0 aliphatic rings. The number of fused-ring (bicyclic) bond motifs is 1. The zero-order chi connectivity index (χ0) is 29.4. The Bertz CT molecular complexity index is 1530. The average Bonchev–Trinajstić information content (AvgIpc) is 3.42. The molecule has 11 nitrogen and oxygen atoms in total. The van der Waals surface area contributed by atoms with Crippen molar-refractivity contribution in [3.05, 3.63) is 84.2 Å². The Morgan fingerprint density at radius 2 is 2.02 bits per heavy atom. The lowest BCUT2D eigenvalue weighted by Crippen LogP contribution is -2.29. The van der Waals surface area contributed by atoms with Crippen molar-refractivity contribution in [1.29, 1.82) is 0 Å². The summed E-state index contributed by atoms with van der Waals surface area (Å²) in [5.74, 6) is -1.76. The van der Waals surface area contributed by atoms with Crippen molar-refractivity contribution in [2.45, 2.75) is 18.9 Å². The SMILES string of the molecule is CN/C=C\CN(CCCCNC(=O)OC)c1cnc(-c2ccc(F)c(F)c2)cc1C(O)c1cnc2c(N)nccn12. The summed E-state index contributed by atoms with van der Waals surface area (Å²) >= 11 is 0. The molecule has 0 aliphatic carbocycles. The molecule has 0 radical (unpaired) electrons. The summed E-state index contributed by atoms with van der Waals surface area (Å²) in [6, 6.07) is 5.19. The molecule has 5 N–H and O–H groups in total. The Hall–Kier alpha value is -4.78. The highest BCUT2D eigenvalue weighted by Gasteiger charge is 2.24. The lowest BCUT2D eigenvalue weighted by atomic mass is 10.0. The third kappa shape index (κ3) is 6.87. The molecule has 1 unspecified atom stereocenters. The van der Waals surface area contributed by atoms with Crippen molar-refractivity contribution < 1.29 is 23.4 Å². The monoisotopic (exact) mass is 566 g/mol. The number of hydrogen-bond acceptors (Lipinski definition) is 9. The predicted octanol–water partition coefficient (Wildman–Crippen LogP) is 3.41. The molecule has 1 atom stereocenters. The van der Waals surface area contributed by atoms with Gasteiger partial charge >= 0.3 is 6.09 Å². The predicted molar refractivity (Wildman–Crippen MR) is 151 cm³/mol. The van der Waals surface area contributed by atoms with Crippen LogP contribution in [0.2, 0.25) is 0 Å². The first-order valence-corrected chi connectivity index (χ1v) is 12.9. The number of alkyl carbamates (subject to hydrolysis) is 1. The number of pyridine rings is 1. The second-order valence-corrected chi connectivity index (χ2v) is 9.11. The molecule has 13 heteroatoms. The van der Waals surface area contributed by atoms with Crippen molar-refractivity contribution >= 4 is 23.2 Å². The first-order valence-electron chi connectivity index (χ1n) is 12.9. The van der Waals surface area contributed by atoms with Crippen LogP contribution in [0.25, 0.3) is 16.9 Å². The molecular weight excluding hydrogens is 534 g/mol. The Balaban J connectivity index is 1.74. The number of ether oxygens (including phenoxy) is 1. The molecule has 0 aliphatic heterocycles. The smallest absolute Gasteiger partial charge is 0.406 e. The highest BCUT2D eigenvalue weighted by molar-refractivity contribution is 5.67. The van der Waals surface area contributed by atoms with E-state index in [2.05, 4.69) is 30.3 Å². The number of nitrogens with two attached hydrogens (primary N) is 1. The number of carbonyl (C=O) groups excluding carboxylic acids is 1. The van der Waals surface area contributed by atoms with Crippen LogP contribution >= 0.6 is 0 Å². The summed E-state index contributed by atoms with van der Waals surface area (Å²) in [5.41, 5.74) is 8.62. The van der Waals surface area contributed by atoms with Gasteiger partial charge in [0.15, 0.2) is 23.1 Å². The van der Waals surface area contributed by atoms with Crippen LogP contribution in [0.3, 0.4) is 0 Å². The molecule has 216 valence electrons. The van der Waals surface area contributed by atoms with Crippen LogP contribution in [0.4, 0.5) is 25.1 Å². The van der Waals surface area contributed by atoms with Gasteiger partial charge in [0.2, 0.25) is 0 Å². The minimum atomic E-state index is -1.19. The van der Waals surface area contributed by atoms with Crippen molar-refractivity contribution in [1.82, 2.24) is 30.0 Å². The average molecular weight is 567 g/mol. The fourth-order valence-corrected chi connectivity index (χ4v) is 4.38. The van der Waals surface area contributed by atoms with E-state index in [1.165, 1.54) is 25.6 Å². The number of unbranched alkanes of at least 4 members (excludes halogenated alkanes) is 1. The molecule has 0 bridgehead atoms. The van der Waals surface area contributed by atoms with Gasteiger partial charge < -0.3 is 31.1 Å². The van der Waals surface area contributed by atoms with Gasteiger partial charge in [0, 0.05) is 50.2 Å². The molecule has 0 saturated heterocycles. The summed E-state index contributed by atoms with van der Waals surface area (Å²) in [6.07, 6.45) is 9.70. The second-order valence-electron chi connectivity index (χ2n) is 9.11. The highest BCUT2D eigenvalue weighted by atomic mass is 19.2. The zero-order valence-corrected chi connectivity index (χ0v) is 22.7. The van der Waals surface area contributed by atoms with E-state index in [0.29, 0.717) is 66.3 Å². The van der Waals surface area contributed by atoms with Crippen molar-refractivity contribution in [3.8, 4) is 11.3 Å². The van der Waals surface area contributed by atoms with E-state index in [0.717, 1.165) is 12.1 Å². The first-order chi connectivity index (χ1) is 19.8. The van der Waals surface area contributed by atoms with Crippen LogP contribution in [0.1, 0.15) is 30.2 Å². The van der Waals surface area contributed by atoms with E-state index in [-0.39, 0.29) is 5.82 Å². The van der Waals surface area contributed by atoms with Gasteiger partial charge in [0.1, 0.15) is 6.10 Å². The first kappa shape index (κ1) is 29.2. The van der Waals surface area contributed by atoms with Crippen LogP contribution in [-0.2, 0) is 4.74 Å². The van der Waals surface area contributed by atoms with Crippen molar-refractivity contribution in [2.75, 3.05) is 44.4 Å². The van der Waals surface area contributed by atoms with Crippen LogP contribution in [-0.4, -0.2) is 64.3 Å². The summed E-state index contributed by atoms with van der Waals surface area (Å²) in [6.45, 7) is 1.47. The van der Waals surface area contributed by atoms with E-state index in [4.69, 9.17) is 5.73 Å². The topological polar surface area (TPSA) is 143 Å². The number of hydrogen-bond donors (Lipinski definition) is 4. The zero-order valence-electron chi connectivity index (χ0n) is 22.7. The molecule has 4 aromatic rings. The fraction of sp³-hybridized carbons (Fsp3) is 0.286. The van der Waals surface area contributed by atoms with Gasteiger partial charge in [-0.25, -0.2) is 23.5 Å². The van der Waals surface area contributed by atoms with Gasteiger partial charge in [-0.05, 0) is 49.4 Å². The third-order valence-electron chi connectivity index (χ3n) is 6.45. The molecule has 4 rings (SSSR count). The number of carbonyl (C=O) groups is 1. The van der Waals surface area contributed by atoms with Gasteiger partial charge in [0.25, 0.3) is 0 Å². The van der Waals surface area contributed by atoms with Crippen LogP contribution in [0.5, 0.6) is 0 Å². The Morgan fingerprint density at radius 1 is 1.20 bits per heavy atom. The van der Waals surface area contributed by atoms with Gasteiger partial charge in [-0.1, -0.05) is 0 Å². The fourth-order valence-electron chi connectivity index (χ4n) is 4.38. The van der Waals surface area contributed by atoms with E-state index in [9.17, 15) is 18.7 Å². The van der Waals surface area contributed by atoms with Gasteiger partial charge in [-0.3, -0.25) is 9.38 Å². The number of anilines is 2. The van der Waals surface area contributed by atoms with E-state index in [1.54, 1.807) is 36.1 Å². The van der Waals surface area contributed by atoms with Crippen molar-refractivity contribution in [3.63, 3.8) is 0 Å². The lowest BCUT2D eigenvalue weighted by molar-refractivity contribution is 0.171. The van der Waals surface area contributed by atoms with Crippen molar-refractivity contribution in [2.24, 2.45) is 0 Å². The Labute approximate surface area is 235 Å². The summed E-state index contributed by atoms with van der Waals surface area (Å²) in [5, 5.41) is 17.4. The van der Waals surface area contributed by atoms with Crippen LogP contribution < -0.4 is 21.3 Å². The maximum Gasteiger partial charge on any atom is 0.406 e. The number of amides is 1. The minimum absolute atomic E-state index is 0.211. The standard InChI is InChI=1S/C28H32F2N8O3/c1-32-8-5-12-37(11-4-3-9-34-28(40)41-2)23-16-35-22(18-6-7-20(29)21(30)14-18)15-19(23)25(39)24-17-36-27-26(31)33-10-13-38(24)27/h5-8,10,13-17,25,32,39H,3-4,9,11-12H2,1-2H3,(H2,31,33)(H,34,40)/b8-5-. The number of imidazole rings is 1. The number of aromatic nitrogens is 4. The maximum absolute atomic E-state index is 14.1. The molecule has 41 heavy (non-hydrogen) atoms. The number of nitrogens with zero attached hydrogens (tertiary/aromatic N) is 5. The Morgan fingerprint density at radius 3 is 2.78 bits per heavy atom. The molecule has 0 fully saturated rings. The molecule has 0 spiro atoms. The van der Waals surface area contributed by atoms with E-state index >= 15 is 0 Å². The van der Waals surface area contributed by atoms with Crippen LogP contribution in [0, 0.1) is 11.6 Å².